The van der Waals surface area contributed by atoms with Crippen molar-refractivity contribution in [3.05, 3.63) is 101 Å². The number of hydrogen-bond donors (Lipinski definition) is 0. The van der Waals surface area contributed by atoms with Gasteiger partial charge in [-0.25, -0.2) is 13.4 Å². The Morgan fingerprint density at radius 2 is 1.57 bits per heavy atom. The van der Waals surface area contributed by atoms with Gasteiger partial charge < -0.3 is 4.74 Å². The van der Waals surface area contributed by atoms with Gasteiger partial charge in [0.1, 0.15) is 5.82 Å². The third kappa shape index (κ3) is 5.37. The molecule has 1 heterocycles. The largest absolute Gasteiger partial charge is 0.383 e. The zero-order chi connectivity index (χ0) is 26.8. The lowest BCUT2D eigenvalue weighted by Crippen LogP contribution is -2.39. The molecule has 0 bridgehead atoms. The molecule has 8 heteroatoms. The van der Waals surface area contributed by atoms with Crippen molar-refractivity contribution in [2.45, 2.75) is 44.0 Å². The quantitative estimate of drug-likeness (QED) is 0.324. The fourth-order valence-corrected chi connectivity index (χ4v) is 5.93. The number of aromatic nitrogens is 2. The average molecular weight is 520 g/mol. The molecule has 0 aliphatic rings. The zero-order valence-electron chi connectivity index (χ0n) is 21.9. The van der Waals surface area contributed by atoms with Crippen molar-refractivity contribution >= 4 is 20.9 Å². The number of hydrogen-bond acceptors (Lipinski definition) is 5. The summed E-state index contributed by atoms with van der Waals surface area (Å²) in [6.07, 6.45) is 0. The van der Waals surface area contributed by atoms with Gasteiger partial charge in [-0.05, 0) is 54.3 Å². The summed E-state index contributed by atoms with van der Waals surface area (Å²) in [5.74, 6) is 0.334. The normalized spacial score (nSPS) is 13.2. The highest BCUT2D eigenvalue weighted by Crippen LogP contribution is 2.30. The van der Waals surface area contributed by atoms with Crippen LogP contribution in [0.5, 0.6) is 0 Å². The van der Waals surface area contributed by atoms with Crippen LogP contribution in [0.15, 0.2) is 88.6 Å². The first-order valence-electron chi connectivity index (χ1n) is 12.2. The summed E-state index contributed by atoms with van der Waals surface area (Å²) in [6.45, 7) is 8.28. The first kappa shape index (κ1) is 26.7. The van der Waals surface area contributed by atoms with Gasteiger partial charge in [-0.3, -0.25) is 9.36 Å². The Hall–Kier alpha value is -3.33. The summed E-state index contributed by atoms with van der Waals surface area (Å²) >= 11 is 0. The highest BCUT2D eigenvalue weighted by molar-refractivity contribution is 7.89. The van der Waals surface area contributed by atoms with Crippen molar-refractivity contribution in [3.8, 4) is 5.69 Å². The molecule has 0 aliphatic heterocycles. The van der Waals surface area contributed by atoms with E-state index in [1.54, 1.807) is 37.3 Å². The smallest absolute Gasteiger partial charge is 0.266 e. The van der Waals surface area contributed by atoms with Crippen molar-refractivity contribution in [1.82, 2.24) is 13.9 Å². The van der Waals surface area contributed by atoms with E-state index in [4.69, 9.17) is 9.72 Å². The number of para-hydroxylation sites is 2. The molecule has 0 saturated carbocycles. The van der Waals surface area contributed by atoms with Crippen molar-refractivity contribution < 1.29 is 13.2 Å². The molecular formula is C29H33N3O4S. The first-order chi connectivity index (χ1) is 17.6. The van der Waals surface area contributed by atoms with E-state index >= 15 is 0 Å². The lowest BCUT2D eigenvalue weighted by molar-refractivity contribution is 0.166. The molecule has 4 rings (SSSR count). The lowest BCUT2D eigenvalue weighted by Gasteiger charge is -2.30. The number of ether oxygens (including phenoxy) is 1. The topological polar surface area (TPSA) is 81.5 Å². The molecular weight excluding hydrogens is 486 g/mol. The van der Waals surface area contributed by atoms with Crippen LogP contribution in [-0.4, -0.2) is 42.5 Å². The summed E-state index contributed by atoms with van der Waals surface area (Å²) in [4.78, 5) is 18.7. The summed E-state index contributed by atoms with van der Waals surface area (Å²) < 4.78 is 36.1. The minimum absolute atomic E-state index is 0.0957. The summed E-state index contributed by atoms with van der Waals surface area (Å²) in [7, 11) is -2.42. The first-order valence-corrected chi connectivity index (χ1v) is 13.7. The minimum Gasteiger partial charge on any atom is -0.383 e. The molecule has 1 unspecified atom stereocenters. The van der Waals surface area contributed by atoms with Crippen LogP contribution in [0.1, 0.15) is 45.1 Å². The van der Waals surface area contributed by atoms with E-state index in [0.29, 0.717) is 22.4 Å². The number of rotatable bonds is 8. The minimum atomic E-state index is -3.95. The standard InChI is InChI=1S/C29H33N3O4S/c1-21(31(19-20-36-5)37(34,35)24-17-15-22(16-18-24)29(2,3)4)27-30-26-14-10-9-13-25(26)28(33)32(27)23-11-7-6-8-12-23/h6-18,21H,19-20H2,1-5H3. The number of methoxy groups -OCH3 is 1. The van der Waals surface area contributed by atoms with Crippen LogP contribution >= 0.6 is 0 Å². The fraction of sp³-hybridized carbons (Fsp3) is 0.310. The molecule has 0 N–H and O–H groups in total. The Balaban J connectivity index is 1.89. The van der Waals surface area contributed by atoms with Crippen molar-refractivity contribution in [3.63, 3.8) is 0 Å². The summed E-state index contributed by atoms with van der Waals surface area (Å²) in [6, 6.07) is 22.5. The van der Waals surface area contributed by atoms with Gasteiger partial charge in [0.2, 0.25) is 10.0 Å². The number of fused-ring (bicyclic) bond motifs is 1. The molecule has 0 fully saturated rings. The Morgan fingerprint density at radius 1 is 0.946 bits per heavy atom. The van der Waals surface area contributed by atoms with Gasteiger partial charge in [0.05, 0.1) is 34.1 Å². The van der Waals surface area contributed by atoms with Gasteiger partial charge in [-0.15, -0.1) is 0 Å². The average Bonchev–Trinajstić information content (AvgIpc) is 2.88. The lowest BCUT2D eigenvalue weighted by atomic mass is 9.87. The SMILES string of the molecule is COCCN(C(C)c1nc2ccccc2c(=O)n1-c1ccccc1)S(=O)(=O)c1ccc(C(C)(C)C)cc1. The van der Waals surface area contributed by atoms with E-state index in [1.165, 1.54) is 16.0 Å². The maximum absolute atomic E-state index is 14.0. The molecule has 1 aromatic heterocycles. The highest BCUT2D eigenvalue weighted by Gasteiger charge is 2.33. The number of sulfonamides is 1. The third-order valence-corrected chi connectivity index (χ3v) is 8.45. The molecule has 4 aromatic rings. The van der Waals surface area contributed by atoms with Crippen molar-refractivity contribution in [2.75, 3.05) is 20.3 Å². The Morgan fingerprint density at radius 3 is 2.19 bits per heavy atom. The molecule has 0 spiro atoms. The van der Waals surface area contributed by atoms with E-state index in [2.05, 4.69) is 20.8 Å². The molecule has 194 valence electrons. The summed E-state index contributed by atoms with van der Waals surface area (Å²) in [5.41, 5.74) is 1.81. The molecule has 37 heavy (non-hydrogen) atoms. The van der Waals surface area contributed by atoms with Gasteiger partial charge in [-0.2, -0.15) is 4.31 Å². The third-order valence-electron chi connectivity index (χ3n) is 6.46. The molecule has 7 nitrogen and oxygen atoms in total. The van der Waals surface area contributed by atoms with Crippen LogP contribution in [0, 0.1) is 0 Å². The highest BCUT2D eigenvalue weighted by atomic mass is 32.2. The second-order valence-corrected chi connectivity index (χ2v) is 11.9. The predicted molar refractivity (Wildman–Crippen MR) is 147 cm³/mol. The monoisotopic (exact) mass is 519 g/mol. The van der Waals surface area contributed by atoms with E-state index in [1.807, 2.05) is 48.5 Å². The molecule has 0 saturated heterocycles. The maximum atomic E-state index is 14.0. The van der Waals surface area contributed by atoms with Crippen LogP contribution in [0.3, 0.4) is 0 Å². The van der Waals surface area contributed by atoms with Gasteiger partial charge in [0.15, 0.2) is 0 Å². The van der Waals surface area contributed by atoms with Crippen LogP contribution in [-0.2, 0) is 20.2 Å². The molecule has 0 radical (unpaired) electrons. The molecule has 0 amide bonds. The van der Waals surface area contributed by atoms with Gasteiger partial charge >= 0.3 is 0 Å². The van der Waals surface area contributed by atoms with Crippen LogP contribution in [0.25, 0.3) is 16.6 Å². The number of benzene rings is 3. The van der Waals surface area contributed by atoms with E-state index in [9.17, 15) is 13.2 Å². The molecule has 0 aliphatic carbocycles. The Bertz CT molecular complexity index is 1540. The van der Waals surface area contributed by atoms with Gasteiger partial charge in [-0.1, -0.05) is 63.2 Å². The van der Waals surface area contributed by atoms with Crippen LogP contribution in [0.2, 0.25) is 0 Å². The summed E-state index contributed by atoms with van der Waals surface area (Å²) in [5, 5.41) is 0.464. The van der Waals surface area contributed by atoms with Crippen molar-refractivity contribution in [2.24, 2.45) is 0 Å². The maximum Gasteiger partial charge on any atom is 0.266 e. The van der Waals surface area contributed by atoms with E-state index in [0.717, 1.165) is 5.56 Å². The molecule has 3 aromatic carbocycles. The van der Waals surface area contributed by atoms with Gasteiger partial charge in [0.25, 0.3) is 5.56 Å². The second-order valence-electron chi connectivity index (χ2n) is 10.0. The predicted octanol–water partition coefficient (Wildman–Crippen LogP) is 5.08. The Labute approximate surface area is 218 Å². The van der Waals surface area contributed by atoms with Crippen LogP contribution in [0.4, 0.5) is 0 Å². The fourth-order valence-electron chi connectivity index (χ4n) is 4.35. The van der Waals surface area contributed by atoms with E-state index in [-0.39, 0.29) is 29.0 Å². The zero-order valence-corrected chi connectivity index (χ0v) is 22.7. The second kappa shape index (κ2) is 10.6. The van der Waals surface area contributed by atoms with Crippen LogP contribution < -0.4 is 5.56 Å². The van der Waals surface area contributed by atoms with Crippen molar-refractivity contribution in [1.29, 1.82) is 0 Å². The van der Waals surface area contributed by atoms with E-state index < -0.39 is 16.1 Å². The Kier molecular flexibility index (Phi) is 7.64. The number of nitrogens with zero attached hydrogens (tertiary/aromatic N) is 3. The molecule has 1 atom stereocenters. The van der Waals surface area contributed by atoms with Gasteiger partial charge in [0, 0.05) is 13.7 Å².